The van der Waals surface area contributed by atoms with Crippen LogP contribution >= 0.6 is 0 Å². The standard InChI is InChI=1S/C22H32O5/c1-20(2,3)19(24)26-13-25-15-8-7-14-11-17-21(4,5)18(23)9-10-22(17,6)27-16(14)12-15/h7-8,12,17-18,23H,9-11,13H2,1-6H3/t17-,18-,22-/m1/s1. The fourth-order valence-electron chi connectivity index (χ4n) is 4.32. The average molecular weight is 376 g/mol. The molecule has 3 atom stereocenters. The van der Waals surface area contributed by atoms with E-state index < -0.39 is 5.41 Å². The number of fused-ring (bicyclic) bond motifs is 2. The molecule has 1 fully saturated rings. The van der Waals surface area contributed by atoms with Crippen molar-refractivity contribution in [2.24, 2.45) is 16.7 Å². The van der Waals surface area contributed by atoms with Crippen LogP contribution in [0.3, 0.4) is 0 Å². The molecule has 0 amide bonds. The van der Waals surface area contributed by atoms with Crippen LogP contribution in [0.25, 0.3) is 0 Å². The Bertz CT molecular complexity index is 718. The van der Waals surface area contributed by atoms with Crippen LogP contribution in [0.2, 0.25) is 0 Å². The third-order valence-electron chi connectivity index (χ3n) is 6.24. The Balaban J connectivity index is 1.72. The van der Waals surface area contributed by atoms with Crippen molar-refractivity contribution >= 4 is 5.97 Å². The normalized spacial score (nSPS) is 29.1. The summed E-state index contributed by atoms with van der Waals surface area (Å²) in [6.45, 7) is 11.7. The largest absolute Gasteiger partial charge is 0.487 e. The van der Waals surface area contributed by atoms with Crippen LogP contribution in [-0.4, -0.2) is 29.6 Å². The number of rotatable bonds is 3. The molecule has 1 heterocycles. The SMILES string of the molecule is CC(C)(C)C(=O)OCOc1ccc2c(c1)O[C@]1(C)CC[C@@H](O)C(C)(C)[C@H]1C2. The van der Waals surface area contributed by atoms with Gasteiger partial charge >= 0.3 is 5.97 Å². The number of esters is 1. The smallest absolute Gasteiger partial charge is 0.314 e. The van der Waals surface area contributed by atoms with Crippen LogP contribution in [-0.2, 0) is 16.0 Å². The maximum absolute atomic E-state index is 11.8. The number of aliphatic hydroxyl groups excluding tert-OH is 1. The van der Waals surface area contributed by atoms with Gasteiger partial charge in [0.05, 0.1) is 11.5 Å². The fraction of sp³-hybridized carbons (Fsp3) is 0.682. The van der Waals surface area contributed by atoms with E-state index in [-0.39, 0.29) is 35.8 Å². The van der Waals surface area contributed by atoms with Crippen molar-refractivity contribution in [2.45, 2.75) is 72.5 Å². The van der Waals surface area contributed by atoms with E-state index in [1.54, 1.807) is 0 Å². The van der Waals surface area contributed by atoms with Crippen LogP contribution in [0.1, 0.15) is 59.9 Å². The van der Waals surface area contributed by atoms with Gasteiger partial charge in [0, 0.05) is 12.0 Å². The molecule has 2 aliphatic rings. The summed E-state index contributed by atoms with van der Waals surface area (Å²) >= 11 is 0. The molecule has 1 aliphatic carbocycles. The van der Waals surface area contributed by atoms with E-state index in [2.05, 4.69) is 20.8 Å². The highest BCUT2D eigenvalue weighted by Crippen LogP contribution is 2.53. The molecular formula is C22H32O5. The minimum absolute atomic E-state index is 0.117. The summed E-state index contributed by atoms with van der Waals surface area (Å²) in [6.07, 6.45) is 2.14. The summed E-state index contributed by atoms with van der Waals surface area (Å²) < 4.78 is 17.2. The lowest BCUT2D eigenvalue weighted by molar-refractivity contribution is -0.159. The van der Waals surface area contributed by atoms with Crippen LogP contribution in [0.5, 0.6) is 11.5 Å². The molecule has 1 N–H and O–H groups in total. The summed E-state index contributed by atoms with van der Waals surface area (Å²) in [6, 6.07) is 5.76. The number of carbonyl (C=O) groups excluding carboxylic acids is 1. The van der Waals surface area contributed by atoms with E-state index in [0.717, 1.165) is 30.6 Å². The molecule has 27 heavy (non-hydrogen) atoms. The highest BCUT2D eigenvalue weighted by atomic mass is 16.7. The van der Waals surface area contributed by atoms with E-state index in [0.29, 0.717) is 5.75 Å². The van der Waals surface area contributed by atoms with E-state index >= 15 is 0 Å². The summed E-state index contributed by atoms with van der Waals surface area (Å²) in [7, 11) is 0. The van der Waals surface area contributed by atoms with Gasteiger partial charge in [0.15, 0.2) is 0 Å². The summed E-state index contributed by atoms with van der Waals surface area (Å²) in [5.41, 5.74) is 0.0805. The van der Waals surface area contributed by atoms with Gasteiger partial charge in [-0.2, -0.15) is 0 Å². The first-order valence-electron chi connectivity index (χ1n) is 9.73. The lowest BCUT2D eigenvalue weighted by Crippen LogP contribution is -2.58. The molecule has 0 spiro atoms. The molecule has 0 radical (unpaired) electrons. The zero-order valence-electron chi connectivity index (χ0n) is 17.3. The Kier molecular flexibility index (Phi) is 4.96. The van der Waals surface area contributed by atoms with Crippen molar-refractivity contribution in [1.29, 1.82) is 0 Å². The van der Waals surface area contributed by atoms with Crippen LogP contribution in [0, 0.1) is 16.7 Å². The first-order valence-corrected chi connectivity index (χ1v) is 9.73. The quantitative estimate of drug-likeness (QED) is 0.635. The molecule has 0 saturated heterocycles. The van der Waals surface area contributed by atoms with E-state index in [1.165, 1.54) is 0 Å². The van der Waals surface area contributed by atoms with Gasteiger partial charge in [-0.05, 0) is 64.0 Å². The molecule has 1 aliphatic heterocycles. The van der Waals surface area contributed by atoms with Crippen molar-refractivity contribution in [1.82, 2.24) is 0 Å². The monoisotopic (exact) mass is 376 g/mol. The second-order valence-corrected chi connectivity index (χ2v) is 9.76. The van der Waals surface area contributed by atoms with Gasteiger partial charge in [0.1, 0.15) is 17.1 Å². The summed E-state index contributed by atoms with van der Waals surface area (Å²) in [5.74, 6) is 1.39. The number of carbonyl (C=O) groups is 1. The number of benzene rings is 1. The Morgan fingerprint density at radius 2 is 2.00 bits per heavy atom. The number of ether oxygens (including phenoxy) is 3. The van der Waals surface area contributed by atoms with Gasteiger partial charge in [0.25, 0.3) is 0 Å². The molecule has 5 nitrogen and oxygen atoms in total. The topological polar surface area (TPSA) is 65.0 Å². The molecular weight excluding hydrogens is 344 g/mol. The summed E-state index contributed by atoms with van der Waals surface area (Å²) in [4.78, 5) is 11.8. The lowest BCUT2D eigenvalue weighted by Gasteiger charge is -2.55. The Labute approximate surface area is 162 Å². The molecule has 1 aromatic rings. The molecule has 0 bridgehead atoms. The highest BCUT2D eigenvalue weighted by Gasteiger charge is 2.54. The van der Waals surface area contributed by atoms with Crippen LogP contribution in [0.15, 0.2) is 18.2 Å². The number of hydrogen-bond donors (Lipinski definition) is 1. The molecule has 150 valence electrons. The number of hydrogen-bond acceptors (Lipinski definition) is 5. The minimum atomic E-state index is -0.551. The first kappa shape index (κ1) is 20.0. The predicted molar refractivity (Wildman–Crippen MR) is 103 cm³/mol. The third-order valence-corrected chi connectivity index (χ3v) is 6.24. The molecule has 0 unspecified atom stereocenters. The predicted octanol–water partition coefficient (Wildman–Crippen LogP) is 4.10. The van der Waals surface area contributed by atoms with Gasteiger partial charge in [-0.3, -0.25) is 4.79 Å². The van der Waals surface area contributed by atoms with Crippen molar-refractivity contribution in [3.8, 4) is 11.5 Å². The maximum atomic E-state index is 11.8. The first-order chi connectivity index (χ1) is 12.4. The van der Waals surface area contributed by atoms with Gasteiger partial charge in [-0.1, -0.05) is 19.9 Å². The molecule has 3 rings (SSSR count). The van der Waals surface area contributed by atoms with Gasteiger partial charge in [-0.15, -0.1) is 0 Å². The average Bonchev–Trinajstić information content (AvgIpc) is 2.56. The van der Waals surface area contributed by atoms with E-state index in [4.69, 9.17) is 14.2 Å². The number of aliphatic hydroxyl groups is 1. The zero-order valence-corrected chi connectivity index (χ0v) is 17.3. The van der Waals surface area contributed by atoms with Crippen molar-refractivity contribution in [3.05, 3.63) is 23.8 Å². The van der Waals surface area contributed by atoms with Crippen molar-refractivity contribution in [3.63, 3.8) is 0 Å². The molecule has 5 heteroatoms. The van der Waals surface area contributed by atoms with Gasteiger partial charge in [0.2, 0.25) is 6.79 Å². The second-order valence-electron chi connectivity index (χ2n) is 9.76. The van der Waals surface area contributed by atoms with Crippen LogP contribution in [0.4, 0.5) is 0 Å². The van der Waals surface area contributed by atoms with Gasteiger partial charge < -0.3 is 19.3 Å². The lowest BCUT2D eigenvalue weighted by atomic mass is 9.58. The minimum Gasteiger partial charge on any atom is -0.487 e. The fourth-order valence-corrected chi connectivity index (χ4v) is 4.32. The van der Waals surface area contributed by atoms with Crippen LogP contribution < -0.4 is 9.47 Å². The van der Waals surface area contributed by atoms with Crippen molar-refractivity contribution in [2.75, 3.05) is 6.79 Å². The zero-order chi connectivity index (χ0) is 20.0. The molecule has 0 aromatic heterocycles. The van der Waals surface area contributed by atoms with E-state index in [9.17, 15) is 9.90 Å². The summed E-state index contributed by atoms with van der Waals surface area (Å²) in [5, 5.41) is 10.5. The van der Waals surface area contributed by atoms with E-state index in [1.807, 2.05) is 39.0 Å². The van der Waals surface area contributed by atoms with Gasteiger partial charge in [-0.25, -0.2) is 0 Å². The third kappa shape index (κ3) is 3.79. The Morgan fingerprint density at radius 3 is 2.67 bits per heavy atom. The second kappa shape index (κ2) is 6.69. The van der Waals surface area contributed by atoms with Crippen molar-refractivity contribution < 1.29 is 24.1 Å². The maximum Gasteiger partial charge on any atom is 0.314 e. The highest BCUT2D eigenvalue weighted by molar-refractivity contribution is 5.75. The Hall–Kier alpha value is -1.75. The Morgan fingerprint density at radius 1 is 1.30 bits per heavy atom. The molecule has 1 saturated carbocycles. The molecule has 1 aromatic carbocycles.